The second kappa shape index (κ2) is 6.01. The van der Waals surface area contributed by atoms with Crippen LogP contribution in [0.1, 0.15) is 11.3 Å². The molecule has 1 aromatic carbocycles. The van der Waals surface area contributed by atoms with E-state index in [4.69, 9.17) is 10.8 Å². The largest absolute Gasteiger partial charge is 0.508 e. The van der Waals surface area contributed by atoms with Crippen molar-refractivity contribution >= 4 is 5.91 Å². The van der Waals surface area contributed by atoms with E-state index in [1.807, 2.05) is 0 Å². The Balaban J connectivity index is 1.83. The van der Waals surface area contributed by atoms with Crippen LogP contribution in [0.2, 0.25) is 0 Å². The first-order valence-corrected chi connectivity index (χ1v) is 5.85. The Labute approximate surface area is 110 Å². The van der Waals surface area contributed by atoms with Crippen LogP contribution in [-0.4, -0.2) is 22.2 Å². The summed E-state index contributed by atoms with van der Waals surface area (Å²) < 4.78 is 4.66. The maximum Gasteiger partial charge on any atom is 0.237 e. The highest BCUT2D eigenvalue weighted by atomic mass is 16.5. The number of amides is 1. The van der Waals surface area contributed by atoms with E-state index < -0.39 is 6.04 Å². The molecule has 0 saturated heterocycles. The Morgan fingerprint density at radius 3 is 2.74 bits per heavy atom. The van der Waals surface area contributed by atoms with E-state index in [0.29, 0.717) is 18.7 Å². The maximum absolute atomic E-state index is 11.8. The SMILES string of the molecule is N[C@H](Cc1ccc(O)cc1)C(=O)NCc1ccon1. The molecule has 1 heterocycles. The quantitative estimate of drug-likeness (QED) is 0.730. The highest BCUT2D eigenvalue weighted by molar-refractivity contribution is 5.81. The van der Waals surface area contributed by atoms with E-state index >= 15 is 0 Å². The van der Waals surface area contributed by atoms with Crippen LogP contribution in [0.25, 0.3) is 0 Å². The summed E-state index contributed by atoms with van der Waals surface area (Å²) in [6.07, 6.45) is 1.85. The highest BCUT2D eigenvalue weighted by Crippen LogP contribution is 2.10. The number of nitrogens with two attached hydrogens (primary N) is 1. The number of carbonyl (C=O) groups excluding carboxylic acids is 1. The molecule has 19 heavy (non-hydrogen) atoms. The topological polar surface area (TPSA) is 101 Å². The monoisotopic (exact) mass is 261 g/mol. The van der Waals surface area contributed by atoms with Crippen LogP contribution in [0.15, 0.2) is 41.1 Å². The van der Waals surface area contributed by atoms with E-state index in [1.165, 1.54) is 6.26 Å². The molecule has 1 atom stereocenters. The van der Waals surface area contributed by atoms with Gasteiger partial charge in [0.2, 0.25) is 5.91 Å². The Kier molecular flexibility index (Phi) is 4.15. The van der Waals surface area contributed by atoms with Gasteiger partial charge in [0.05, 0.1) is 12.6 Å². The van der Waals surface area contributed by atoms with Gasteiger partial charge in [0, 0.05) is 6.07 Å². The van der Waals surface area contributed by atoms with Gasteiger partial charge in [-0.3, -0.25) is 4.79 Å². The lowest BCUT2D eigenvalue weighted by atomic mass is 10.1. The summed E-state index contributed by atoms with van der Waals surface area (Å²) in [6, 6.07) is 7.63. The molecule has 0 aliphatic heterocycles. The third kappa shape index (κ3) is 3.82. The minimum absolute atomic E-state index is 0.188. The van der Waals surface area contributed by atoms with Crippen molar-refractivity contribution in [3.05, 3.63) is 47.9 Å². The fraction of sp³-hybridized carbons (Fsp3) is 0.231. The van der Waals surface area contributed by atoms with Crippen LogP contribution >= 0.6 is 0 Å². The lowest BCUT2D eigenvalue weighted by molar-refractivity contribution is -0.122. The van der Waals surface area contributed by atoms with Crippen LogP contribution in [0.5, 0.6) is 5.75 Å². The summed E-state index contributed by atoms with van der Waals surface area (Å²) in [5, 5.41) is 15.5. The van der Waals surface area contributed by atoms with Crippen molar-refractivity contribution in [3.8, 4) is 5.75 Å². The molecular formula is C13H15N3O3. The molecule has 6 heteroatoms. The van der Waals surface area contributed by atoms with Crippen molar-refractivity contribution in [3.63, 3.8) is 0 Å². The van der Waals surface area contributed by atoms with E-state index in [1.54, 1.807) is 30.3 Å². The zero-order valence-electron chi connectivity index (χ0n) is 10.2. The smallest absolute Gasteiger partial charge is 0.237 e. The number of aromatic hydroxyl groups is 1. The van der Waals surface area contributed by atoms with Crippen molar-refractivity contribution in [1.29, 1.82) is 0 Å². The molecule has 0 bridgehead atoms. The van der Waals surface area contributed by atoms with Gasteiger partial charge in [0.15, 0.2) is 0 Å². The molecule has 1 aromatic heterocycles. The number of rotatable bonds is 5. The van der Waals surface area contributed by atoms with Gasteiger partial charge in [-0.2, -0.15) is 0 Å². The summed E-state index contributed by atoms with van der Waals surface area (Å²) >= 11 is 0. The van der Waals surface area contributed by atoms with Crippen molar-refractivity contribution in [2.75, 3.05) is 0 Å². The summed E-state index contributed by atoms with van der Waals surface area (Å²) in [7, 11) is 0. The molecule has 100 valence electrons. The van der Waals surface area contributed by atoms with Gasteiger partial charge in [0.1, 0.15) is 17.7 Å². The molecule has 0 fully saturated rings. The highest BCUT2D eigenvalue weighted by Gasteiger charge is 2.14. The zero-order chi connectivity index (χ0) is 13.7. The van der Waals surface area contributed by atoms with E-state index in [9.17, 15) is 4.79 Å². The first kappa shape index (κ1) is 13.1. The average molecular weight is 261 g/mol. The molecular weight excluding hydrogens is 246 g/mol. The van der Waals surface area contributed by atoms with Crippen LogP contribution < -0.4 is 11.1 Å². The van der Waals surface area contributed by atoms with Crippen LogP contribution in [0.3, 0.4) is 0 Å². The second-order valence-electron chi connectivity index (χ2n) is 4.19. The normalized spacial score (nSPS) is 12.1. The number of hydrogen-bond donors (Lipinski definition) is 3. The minimum atomic E-state index is -0.642. The molecule has 6 nitrogen and oxygen atoms in total. The van der Waals surface area contributed by atoms with Crippen molar-refractivity contribution in [2.24, 2.45) is 5.73 Å². The summed E-state index contributed by atoms with van der Waals surface area (Å²) in [6.45, 7) is 0.290. The zero-order valence-corrected chi connectivity index (χ0v) is 10.2. The summed E-state index contributed by atoms with van der Waals surface area (Å²) in [5.74, 6) is -0.0659. The van der Waals surface area contributed by atoms with E-state index in [2.05, 4.69) is 15.0 Å². The van der Waals surface area contributed by atoms with Crippen LogP contribution in [0.4, 0.5) is 0 Å². The van der Waals surface area contributed by atoms with Gasteiger partial charge in [-0.15, -0.1) is 0 Å². The fourth-order valence-electron chi connectivity index (χ4n) is 1.62. The molecule has 0 spiro atoms. The molecule has 0 unspecified atom stereocenters. The molecule has 4 N–H and O–H groups in total. The number of aromatic nitrogens is 1. The number of nitrogens with one attached hydrogen (secondary N) is 1. The van der Waals surface area contributed by atoms with Crippen molar-refractivity contribution in [1.82, 2.24) is 10.5 Å². The number of hydrogen-bond acceptors (Lipinski definition) is 5. The number of carbonyl (C=O) groups is 1. The Bertz CT molecular complexity index is 523. The van der Waals surface area contributed by atoms with Gasteiger partial charge in [-0.25, -0.2) is 0 Å². The van der Waals surface area contributed by atoms with Crippen LogP contribution in [0, 0.1) is 0 Å². The first-order chi connectivity index (χ1) is 9.15. The van der Waals surface area contributed by atoms with Gasteiger partial charge >= 0.3 is 0 Å². The maximum atomic E-state index is 11.8. The second-order valence-corrected chi connectivity index (χ2v) is 4.19. The lowest BCUT2D eigenvalue weighted by Crippen LogP contribution is -2.41. The lowest BCUT2D eigenvalue weighted by Gasteiger charge is -2.11. The molecule has 0 radical (unpaired) electrons. The predicted molar refractivity (Wildman–Crippen MR) is 68.1 cm³/mol. The minimum Gasteiger partial charge on any atom is -0.508 e. The Morgan fingerprint density at radius 2 is 2.11 bits per heavy atom. The third-order valence-electron chi connectivity index (χ3n) is 2.66. The average Bonchev–Trinajstić information content (AvgIpc) is 2.91. The third-order valence-corrected chi connectivity index (χ3v) is 2.66. The molecule has 2 aromatic rings. The van der Waals surface area contributed by atoms with E-state index in [-0.39, 0.29) is 11.7 Å². The Morgan fingerprint density at radius 1 is 1.37 bits per heavy atom. The van der Waals surface area contributed by atoms with Gasteiger partial charge in [-0.1, -0.05) is 17.3 Å². The molecule has 0 saturated carbocycles. The number of phenols is 1. The molecule has 0 aliphatic carbocycles. The molecule has 2 rings (SSSR count). The molecule has 0 aliphatic rings. The van der Waals surface area contributed by atoms with Gasteiger partial charge in [0.25, 0.3) is 0 Å². The standard InChI is InChI=1S/C13H15N3O3/c14-12(7-9-1-3-11(17)4-2-9)13(18)15-8-10-5-6-19-16-10/h1-6,12,17H,7-8,14H2,(H,15,18)/t12-/m1/s1. The molecule has 1 amide bonds. The van der Waals surface area contributed by atoms with Crippen LogP contribution in [-0.2, 0) is 17.8 Å². The Hall–Kier alpha value is -2.34. The van der Waals surface area contributed by atoms with Crippen molar-refractivity contribution < 1.29 is 14.4 Å². The van der Waals surface area contributed by atoms with Gasteiger partial charge < -0.3 is 20.7 Å². The number of nitrogens with zero attached hydrogens (tertiary/aromatic N) is 1. The number of benzene rings is 1. The van der Waals surface area contributed by atoms with E-state index in [0.717, 1.165) is 5.56 Å². The predicted octanol–water partition coefficient (Wildman–Crippen LogP) is 0.566. The van der Waals surface area contributed by atoms with Gasteiger partial charge in [-0.05, 0) is 24.1 Å². The summed E-state index contributed by atoms with van der Waals surface area (Å²) in [5.41, 5.74) is 7.34. The number of phenolic OH excluding ortho intramolecular Hbond substituents is 1. The fourth-order valence-corrected chi connectivity index (χ4v) is 1.62. The van der Waals surface area contributed by atoms with Crippen molar-refractivity contribution in [2.45, 2.75) is 19.0 Å². The summed E-state index contributed by atoms with van der Waals surface area (Å²) in [4.78, 5) is 11.8. The first-order valence-electron chi connectivity index (χ1n) is 5.85.